The Morgan fingerprint density at radius 1 is 0.667 bits per heavy atom. The minimum Gasteiger partial charge on any atom is -0.481 e. The van der Waals surface area contributed by atoms with Crippen molar-refractivity contribution in [1.82, 2.24) is 0 Å². The Labute approximate surface area is 148 Å². The molecule has 0 amide bonds. The Balaban J connectivity index is 3.20. The van der Waals surface area contributed by atoms with Gasteiger partial charge in [0.2, 0.25) is 0 Å². The molecule has 0 radical (unpaired) electrons. The molecule has 0 bridgehead atoms. The van der Waals surface area contributed by atoms with E-state index >= 15 is 0 Å². The molecule has 0 aliphatic rings. The lowest BCUT2D eigenvalue weighted by molar-refractivity contribution is -0.138. The highest BCUT2D eigenvalue weighted by Gasteiger charge is 2.10. The van der Waals surface area contributed by atoms with Crippen molar-refractivity contribution in [3.05, 3.63) is 0 Å². The summed E-state index contributed by atoms with van der Waals surface area (Å²) in [7, 11) is 0. The van der Waals surface area contributed by atoms with E-state index in [4.69, 9.17) is 10.2 Å². The number of hydrogen-bond acceptors (Lipinski definition) is 2. The quantitative estimate of drug-likeness (QED) is 0.298. The van der Waals surface area contributed by atoms with Crippen molar-refractivity contribution in [2.24, 2.45) is 5.92 Å². The molecule has 4 heteroatoms. The minimum atomic E-state index is -0.679. The molecular weight excluding hydrogens is 304 g/mol. The summed E-state index contributed by atoms with van der Waals surface area (Å²) in [5.74, 6) is -0.983. The second-order valence-electron chi connectivity index (χ2n) is 7.05. The van der Waals surface area contributed by atoms with Crippen LogP contribution in [0.1, 0.15) is 110 Å². The van der Waals surface area contributed by atoms with Crippen LogP contribution >= 0.6 is 0 Å². The molecule has 1 atom stereocenters. The summed E-state index contributed by atoms with van der Waals surface area (Å²) >= 11 is 0. The smallest absolute Gasteiger partial charge is 0.303 e. The van der Waals surface area contributed by atoms with Crippen molar-refractivity contribution in [2.45, 2.75) is 110 Å². The van der Waals surface area contributed by atoms with E-state index in [0.717, 1.165) is 25.7 Å². The maximum absolute atomic E-state index is 10.7. The van der Waals surface area contributed by atoms with Crippen molar-refractivity contribution < 1.29 is 19.8 Å². The first-order chi connectivity index (χ1) is 11.6. The first kappa shape index (κ1) is 22.9. The Kier molecular flexibility index (Phi) is 16.0. The van der Waals surface area contributed by atoms with Gasteiger partial charge in [-0.25, -0.2) is 0 Å². The molecule has 24 heavy (non-hydrogen) atoms. The van der Waals surface area contributed by atoms with Gasteiger partial charge in [-0.15, -0.1) is 0 Å². The first-order valence-corrected chi connectivity index (χ1v) is 9.99. The molecule has 0 rings (SSSR count). The van der Waals surface area contributed by atoms with Crippen LogP contribution in [-0.2, 0) is 9.59 Å². The molecule has 0 aromatic heterocycles. The maximum atomic E-state index is 10.7. The van der Waals surface area contributed by atoms with Crippen LogP contribution in [-0.4, -0.2) is 22.2 Å². The van der Waals surface area contributed by atoms with Gasteiger partial charge in [0.05, 0.1) is 0 Å². The molecule has 4 nitrogen and oxygen atoms in total. The van der Waals surface area contributed by atoms with Crippen LogP contribution < -0.4 is 0 Å². The van der Waals surface area contributed by atoms with Gasteiger partial charge in [-0.2, -0.15) is 0 Å². The third-order valence-corrected chi connectivity index (χ3v) is 4.79. The number of carbonyl (C=O) groups is 2. The van der Waals surface area contributed by atoms with Gasteiger partial charge in [-0.05, 0) is 18.8 Å². The summed E-state index contributed by atoms with van der Waals surface area (Å²) in [5.41, 5.74) is 0. The summed E-state index contributed by atoms with van der Waals surface area (Å²) in [6.45, 7) is 2.08. The van der Waals surface area contributed by atoms with Gasteiger partial charge < -0.3 is 10.2 Å². The number of unbranched alkanes of at least 4 members (excludes halogenated alkanes) is 11. The number of aliphatic carboxylic acids is 2. The summed E-state index contributed by atoms with van der Waals surface area (Å²) in [6.07, 6.45) is 17.1. The molecule has 0 spiro atoms. The van der Waals surface area contributed by atoms with Gasteiger partial charge in [0.15, 0.2) is 0 Å². The molecule has 0 saturated heterocycles. The fourth-order valence-corrected chi connectivity index (χ4v) is 3.17. The highest BCUT2D eigenvalue weighted by Crippen LogP contribution is 2.18. The highest BCUT2D eigenvalue weighted by molar-refractivity contribution is 5.67. The van der Waals surface area contributed by atoms with Crippen LogP contribution in [0.5, 0.6) is 0 Å². The number of hydrogen-bond donors (Lipinski definition) is 2. The average Bonchev–Trinajstić information content (AvgIpc) is 2.53. The van der Waals surface area contributed by atoms with Crippen molar-refractivity contribution in [3.63, 3.8) is 0 Å². The molecular formula is C20H38O4. The van der Waals surface area contributed by atoms with E-state index in [0.29, 0.717) is 18.8 Å². The molecule has 0 aliphatic heterocycles. The van der Waals surface area contributed by atoms with E-state index in [-0.39, 0.29) is 0 Å². The standard InChI is InChI=1S/C20H38O4/c1-2-18(17-20(23)24)15-13-11-9-7-5-3-4-6-8-10-12-14-16-19(21)22/h18H,2-17H2,1H3,(H,21,22)(H,23,24). The fraction of sp³-hybridized carbons (Fsp3) is 0.900. The second kappa shape index (κ2) is 16.8. The maximum Gasteiger partial charge on any atom is 0.303 e. The predicted molar refractivity (Wildman–Crippen MR) is 98.3 cm³/mol. The summed E-state index contributed by atoms with van der Waals surface area (Å²) < 4.78 is 0. The van der Waals surface area contributed by atoms with Crippen LogP contribution in [0.2, 0.25) is 0 Å². The zero-order valence-electron chi connectivity index (χ0n) is 15.6. The summed E-state index contributed by atoms with van der Waals surface area (Å²) in [4.78, 5) is 21.1. The number of carboxylic acid groups (broad SMARTS) is 2. The molecule has 0 aliphatic carbocycles. The van der Waals surface area contributed by atoms with Crippen molar-refractivity contribution in [1.29, 1.82) is 0 Å². The predicted octanol–water partition coefficient (Wildman–Crippen LogP) is 6.03. The van der Waals surface area contributed by atoms with Gasteiger partial charge in [-0.1, -0.05) is 84.0 Å². The number of carboxylic acids is 2. The monoisotopic (exact) mass is 342 g/mol. The lowest BCUT2D eigenvalue weighted by Crippen LogP contribution is -2.06. The van der Waals surface area contributed by atoms with Gasteiger partial charge in [0, 0.05) is 12.8 Å². The fourth-order valence-electron chi connectivity index (χ4n) is 3.17. The average molecular weight is 343 g/mol. The molecule has 0 fully saturated rings. The summed E-state index contributed by atoms with van der Waals surface area (Å²) in [6, 6.07) is 0. The van der Waals surface area contributed by atoms with Crippen LogP contribution in [0.3, 0.4) is 0 Å². The lowest BCUT2D eigenvalue weighted by atomic mass is 9.95. The van der Waals surface area contributed by atoms with E-state index in [1.807, 2.05) is 0 Å². The van der Waals surface area contributed by atoms with E-state index in [1.54, 1.807) is 0 Å². The van der Waals surface area contributed by atoms with Gasteiger partial charge >= 0.3 is 11.9 Å². The Morgan fingerprint density at radius 3 is 1.46 bits per heavy atom. The third-order valence-electron chi connectivity index (χ3n) is 4.79. The van der Waals surface area contributed by atoms with E-state index in [1.165, 1.54) is 64.2 Å². The second-order valence-corrected chi connectivity index (χ2v) is 7.05. The molecule has 0 heterocycles. The normalized spacial score (nSPS) is 12.2. The number of rotatable bonds is 18. The molecule has 142 valence electrons. The van der Waals surface area contributed by atoms with Crippen LogP contribution in [0.15, 0.2) is 0 Å². The molecule has 0 aromatic carbocycles. The zero-order chi connectivity index (χ0) is 18.0. The van der Waals surface area contributed by atoms with Gasteiger partial charge in [0.25, 0.3) is 0 Å². The van der Waals surface area contributed by atoms with Crippen LogP contribution in [0.25, 0.3) is 0 Å². The molecule has 0 saturated carbocycles. The zero-order valence-corrected chi connectivity index (χ0v) is 15.6. The van der Waals surface area contributed by atoms with Crippen LogP contribution in [0.4, 0.5) is 0 Å². The minimum absolute atomic E-state index is 0.315. The molecule has 0 aromatic rings. The summed E-state index contributed by atoms with van der Waals surface area (Å²) in [5, 5.41) is 17.4. The largest absolute Gasteiger partial charge is 0.481 e. The van der Waals surface area contributed by atoms with Crippen LogP contribution in [0, 0.1) is 5.92 Å². The van der Waals surface area contributed by atoms with Gasteiger partial charge in [0.1, 0.15) is 0 Å². The van der Waals surface area contributed by atoms with E-state index in [9.17, 15) is 9.59 Å². The Bertz CT molecular complexity index is 315. The highest BCUT2D eigenvalue weighted by atomic mass is 16.4. The third kappa shape index (κ3) is 17.3. The van der Waals surface area contributed by atoms with Crippen molar-refractivity contribution in [2.75, 3.05) is 0 Å². The Hall–Kier alpha value is -1.06. The van der Waals surface area contributed by atoms with Crippen molar-refractivity contribution >= 4 is 11.9 Å². The SMILES string of the molecule is CCC(CCCCCCCCCCCCCCC(=O)O)CC(=O)O. The van der Waals surface area contributed by atoms with E-state index < -0.39 is 11.9 Å². The molecule has 2 N–H and O–H groups in total. The van der Waals surface area contributed by atoms with E-state index in [2.05, 4.69) is 6.92 Å². The Morgan fingerprint density at radius 2 is 1.08 bits per heavy atom. The topological polar surface area (TPSA) is 74.6 Å². The lowest BCUT2D eigenvalue weighted by Gasteiger charge is -2.11. The van der Waals surface area contributed by atoms with Crippen molar-refractivity contribution in [3.8, 4) is 0 Å². The van der Waals surface area contributed by atoms with Gasteiger partial charge in [-0.3, -0.25) is 9.59 Å². The first-order valence-electron chi connectivity index (χ1n) is 9.99. The molecule has 1 unspecified atom stereocenters.